The van der Waals surface area contributed by atoms with Crippen LogP contribution in [0, 0.1) is 6.92 Å². The number of fused-ring (bicyclic) bond motifs is 1. The van der Waals surface area contributed by atoms with Gasteiger partial charge in [0.2, 0.25) is 5.95 Å². The number of ether oxygens (including phenoxy) is 1. The lowest BCUT2D eigenvalue weighted by Crippen LogP contribution is -2.52. The molecule has 1 saturated carbocycles. The summed E-state index contributed by atoms with van der Waals surface area (Å²) in [7, 11) is 0. The maximum Gasteiger partial charge on any atom is 0.259 e. The van der Waals surface area contributed by atoms with Crippen molar-refractivity contribution in [3.05, 3.63) is 76.2 Å². The fourth-order valence-electron chi connectivity index (χ4n) is 5.09. The molecular weight excluding hydrogens is 412 g/mol. The highest BCUT2D eigenvalue weighted by Gasteiger charge is 2.32. The standard InChI is InChI=1S/C27H32N4O2/c1-3-25-20(2)28-27-30(18-29(19-31(27)26(25)32)21-10-6-4-7-11-21)22-14-16-24(17-15-22)33-23-12-8-5-9-13-23/h5,8-9,12-17,21H,3-4,6-7,10-11,18-19H2,1-2H3. The van der Waals surface area contributed by atoms with E-state index in [0.29, 0.717) is 19.1 Å². The van der Waals surface area contributed by atoms with E-state index < -0.39 is 0 Å². The van der Waals surface area contributed by atoms with E-state index in [0.717, 1.165) is 41.1 Å². The van der Waals surface area contributed by atoms with Gasteiger partial charge in [-0.15, -0.1) is 0 Å². The second-order valence-electron chi connectivity index (χ2n) is 9.06. The number of rotatable bonds is 5. The van der Waals surface area contributed by atoms with Crippen molar-refractivity contribution in [2.24, 2.45) is 0 Å². The third-order valence-corrected chi connectivity index (χ3v) is 6.91. The van der Waals surface area contributed by atoms with Crippen LogP contribution < -0.4 is 15.2 Å². The first-order valence-corrected chi connectivity index (χ1v) is 12.1. The molecule has 0 unspecified atom stereocenters. The monoisotopic (exact) mass is 444 g/mol. The smallest absolute Gasteiger partial charge is 0.259 e. The number of anilines is 2. The van der Waals surface area contributed by atoms with E-state index in [4.69, 9.17) is 9.72 Å². The van der Waals surface area contributed by atoms with Gasteiger partial charge in [-0.3, -0.25) is 19.2 Å². The van der Waals surface area contributed by atoms with Gasteiger partial charge in [-0.1, -0.05) is 44.4 Å². The number of hydrogen-bond acceptors (Lipinski definition) is 5. The molecule has 0 bridgehead atoms. The Labute approximate surface area is 195 Å². The molecule has 172 valence electrons. The molecule has 2 aliphatic rings. The average Bonchev–Trinajstić information content (AvgIpc) is 2.86. The maximum atomic E-state index is 13.4. The van der Waals surface area contributed by atoms with Gasteiger partial charge >= 0.3 is 0 Å². The fraction of sp³-hybridized carbons (Fsp3) is 0.407. The summed E-state index contributed by atoms with van der Waals surface area (Å²) in [5, 5.41) is 0. The summed E-state index contributed by atoms with van der Waals surface area (Å²) < 4.78 is 7.85. The SMILES string of the molecule is CCc1c(C)nc2n(c1=O)CN(C1CCCCC1)CN2c1ccc(Oc2ccccc2)cc1. The summed E-state index contributed by atoms with van der Waals surface area (Å²) in [5.41, 5.74) is 2.75. The Morgan fingerprint density at radius 1 is 0.939 bits per heavy atom. The van der Waals surface area contributed by atoms with Crippen LogP contribution in [0.25, 0.3) is 0 Å². The van der Waals surface area contributed by atoms with Gasteiger partial charge < -0.3 is 4.74 Å². The van der Waals surface area contributed by atoms with Crippen LogP contribution in [0.4, 0.5) is 11.6 Å². The highest BCUT2D eigenvalue weighted by Crippen LogP contribution is 2.33. The molecule has 1 fully saturated rings. The third-order valence-electron chi connectivity index (χ3n) is 6.91. The lowest BCUT2D eigenvalue weighted by atomic mass is 9.94. The molecule has 6 nitrogen and oxygen atoms in total. The Balaban J connectivity index is 1.49. The van der Waals surface area contributed by atoms with Crippen molar-refractivity contribution in [3.63, 3.8) is 0 Å². The van der Waals surface area contributed by atoms with Crippen molar-refractivity contribution in [2.45, 2.75) is 65.1 Å². The summed E-state index contributed by atoms with van der Waals surface area (Å²) in [6.07, 6.45) is 6.94. The summed E-state index contributed by atoms with van der Waals surface area (Å²) in [6.45, 7) is 5.33. The quantitative estimate of drug-likeness (QED) is 0.512. The Kier molecular flexibility index (Phi) is 6.18. The molecule has 2 aromatic carbocycles. The predicted octanol–water partition coefficient (Wildman–Crippen LogP) is 5.61. The number of aromatic nitrogens is 2. The van der Waals surface area contributed by atoms with Crippen molar-refractivity contribution in [1.82, 2.24) is 14.5 Å². The van der Waals surface area contributed by atoms with Crippen LogP contribution in [0.2, 0.25) is 0 Å². The number of aryl methyl sites for hydroxylation is 1. The second-order valence-corrected chi connectivity index (χ2v) is 9.06. The molecule has 0 spiro atoms. The molecule has 1 aromatic heterocycles. The van der Waals surface area contributed by atoms with Gasteiger partial charge in [-0.05, 0) is 62.6 Å². The molecule has 2 heterocycles. The number of nitrogens with zero attached hydrogens (tertiary/aromatic N) is 4. The van der Waals surface area contributed by atoms with E-state index in [1.807, 2.05) is 60.9 Å². The van der Waals surface area contributed by atoms with Crippen molar-refractivity contribution in [2.75, 3.05) is 11.6 Å². The molecule has 0 atom stereocenters. The second kappa shape index (κ2) is 9.40. The first-order valence-electron chi connectivity index (χ1n) is 12.1. The number of hydrogen-bond donors (Lipinski definition) is 0. The van der Waals surface area contributed by atoms with Gasteiger partial charge in [-0.2, -0.15) is 0 Å². The van der Waals surface area contributed by atoms with Gasteiger partial charge in [0.25, 0.3) is 5.56 Å². The van der Waals surface area contributed by atoms with Gasteiger partial charge in [0, 0.05) is 23.0 Å². The minimum atomic E-state index is 0.0922. The molecule has 1 aliphatic carbocycles. The van der Waals surface area contributed by atoms with E-state index in [2.05, 4.69) is 21.9 Å². The summed E-state index contributed by atoms with van der Waals surface area (Å²) in [5.74, 6) is 2.33. The van der Waals surface area contributed by atoms with Crippen molar-refractivity contribution in [1.29, 1.82) is 0 Å². The fourth-order valence-corrected chi connectivity index (χ4v) is 5.09. The van der Waals surface area contributed by atoms with Crippen LogP contribution in [0.1, 0.15) is 50.3 Å². The molecule has 0 radical (unpaired) electrons. The van der Waals surface area contributed by atoms with E-state index in [9.17, 15) is 4.79 Å². The summed E-state index contributed by atoms with van der Waals surface area (Å²) in [4.78, 5) is 22.9. The van der Waals surface area contributed by atoms with E-state index >= 15 is 0 Å². The minimum absolute atomic E-state index is 0.0922. The zero-order valence-corrected chi connectivity index (χ0v) is 19.5. The van der Waals surface area contributed by atoms with Crippen molar-refractivity contribution in [3.8, 4) is 11.5 Å². The Morgan fingerprint density at radius 2 is 1.64 bits per heavy atom. The topological polar surface area (TPSA) is 50.6 Å². The largest absolute Gasteiger partial charge is 0.457 e. The van der Waals surface area contributed by atoms with Crippen molar-refractivity contribution < 1.29 is 4.74 Å². The molecule has 0 saturated heterocycles. The maximum absolute atomic E-state index is 13.4. The van der Waals surface area contributed by atoms with E-state index in [1.54, 1.807) is 0 Å². The Bertz CT molecular complexity index is 1150. The third kappa shape index (κ3) is 4.40. The van der Waals surface area contributed by atoms with Crippen LogP contribution in [-0.2, 0) is 13.1 Å². The van der Waals surface area contributed by atoms with Gasteiger partial charge in [-0.25, -0.2) is 4.98 Å². The molecule has 5 rings (SSSR count). The Morgan fingerprint density at radius 3 is 2.33 bits per heavy atom. The lowest BCUT2D eigenvalue weighted by Gasteiger charge is -2.43. The van der Waals surface area contributed by atoms with Gasteiger partial charge in [0.05, 0.1) is 13.3 Å². The Hall–Kier alpha value is -3.12. The van der Waals surface area contributed by atoms with Crippen LogP contribution in [-0.4, -0.2) is 27.2 Å². The zero-order chi connectivity index (χ0) is 22.8. The molecule has 3 aromatic rings. The van der Waals surface area contributed by atoms with Crippen LogP contribution in [0.15, 0.2) is 59.4 Å². The van der Waals surface area contributed by atoms with E-state index in [1.165, 1.54) is 32.1 Å². The zero-order valence-electron chi connectivity index (χ0n) is 19.5. The van der Waals surface area contributed by atoms with Gasteiger partial charge in [0.15, 0.2) is 0 Å². The molecule has 0 N–H and O–H groups in total. The molecule has 0 amide bonds. The molecule has 6 heteroatoms. The van der Waals surface area contributed by atoms with Crippen LogP contribution in [0.3, 0.4) is 0 Å². The summed E-state index contributed by atoms with van der Waals surface area (Å²) >= 11 is 0. The van der Waals surface area contributed by atoms with Gasteiger partial charge in [0.1, 0.15) is 11.5 Å². The highest BCUT2D eigenvalue weighted by atomic mass is 16.5. The average molecular weight is 445 g/mol. The lowest BCUT2D eigenvalue weighted by molar-refractivity contribution is 0.107. The minimum Gasteiger partial charge on any atom is -0.457 e. The van der Waals surface area contributed by atoms with Crippen LogP contribution in [0.5, 0.6) is 11.5 Å². The van der Waals surface area contributed by atoms with Crippen molar-refractivity contribution >= 4 is 11.6 Å². The number of para-hydroxylation sites is 1. The number of benzene rings is 2. The molecule has 33 heavy (non-hydrogen) atoms. The first-order chi connectivity index (χ1) is 16.1. The normalized spacial score (nSPS) is 17.1. The van der Waals surface area contributed by atoms with E-state index in [-0.39, 0.29) is 5.56 Å². The molecule has 1 aliphatic heterocycles. The predicted molar refractivity (Wildman–Crippen MR) is 131 cm³/mol. The van der Waals surface area contributed by atoms with Crippen LogP contribution >= 0.6 is 0 Å². The molecular formula is C27H32N4O2. The summed E-state index contributed by atoms with van der Waals surface area (Å²) in [6, 6.07) is 18.4. The highest BCUT2D eigenvalue weighted by molar-refractivity contribution is 5.59. The first kappa shape index (κ1) is 21.7.